The first-order valence-electron chi connectivity index (χ1n) is 13.1. The summed E-state index contributed by atoms with van der Waals surface area (Å²) in [4.78, 5) is 13.7. The fourth-order valence-electron chi connectivity index (χ4n) is 8.59. The number of aliphatic hydroxyl groups is 1. The van der Waals surface area contributed by atoms with Gasteiger partial charge >= 0.3 is 0 Å². The molecule has 1 spiro atoms. The fourth-order valence-corrected chi connectivity index (χ4v) is 8.59. The average Bonchev–Trinajstić information content (AvgIpc) is 3.36. The Kier molecular flexibility index (Phi) is 5.23. The van der Waals surface area contributed by atoms with Crippen molar-refractivity contribution in [3.05, 3.63) is 35.5 Å². The first-order chi connectivity index (χ1) is 15.1. The summed E-state index contributed by atoms with van der Waals surface area (Å²) in [5.74, 6) is 2.22. The molecule has 1 heterocycles. The lowest BCUT2D eigenvalue weighted by atomic mass is 9.50. The van der Waals surface area contributed by atoms with Gasteiger partial charge in [0.2, 0.25) is 0 Å². The summed E-state index contributed by atoms with van der Waals surface area (Å²) in [6, 6.07) is 0. The molecule has 1 aliphatic heterocycles. The zero-order chi connectivity index (χ0) is 23.1. The minimum absolute atomic E-state index is 0.0685. The first kappa shape index (κ1) is 22.6. The van der Waals surface area contributed by atoms with E-state index >= 15 is 0 Å². The Morgan fingerprint density at radius 3 is 2.69 bits per heavy atom. The van der Waals surface area contributed by atoms with Crippen LogP contribution < -0.4 is 0 Å². The van der Waals surface area contributed by atoms with Crippen LogP contribution in [0.15, 0.2) is 35.5 Å². The molecule has 5 rings (SSSR count). The summed E-state index contributed by atoms with van der Waals surface area (Å²) in [5, 5.41) is 10.3. The first-order valence-corrected chi connectivity index (χ1v) is 13.1. The van der Waals surface area contributed by atoms with E-state index in [1.54, 1.807) is 0 Å². The van der Waals surface area contributed by atoms with Crippen molar-refractivity contribution in [2.45, 2.75) is 104 Å². The number of ether oxygens (including phenoxy) is 1. The topological polar surface area (TPSA) is 49.8 Å². The van der Waals surface area contributed by atoms with E-state index < -0.39 is 5.60 Å². The highest BCUT2D eigenvalue weighted by atomic mass is 16.6. The quantitative estimate of drug-likeness (QED) is 0.412. The zero-order valence-corrected chi connectivity index (χ0v) is 20.7. The van der Waals surface area contributed by atoms with Gasteiger partial charge in [-0.15, -0.1) is 0 Å². The Labute approximate surface area is 194 Å². The van der Waals surface area contributed by atoms with Crippen molar-refractivity contribution in [2.75, 3.05) is 0 Å². The molecular formula is C29H42O3. The molecule has 32 heavy (non-hydrogen) atoms. The number of allylic oxidation sites excluding steroid dienone is 3. The summed E-state index contributed by atoms with van der Waals surface area (Å²) in [5.41, 5.74) is 3.50. The lowest BCUT2D eigenvalue weighted by Crippen LogP contribution is -2.53. The maximum absolute atomic E-state index is 13.7. The third-order valence-electron chi connectivity index (χ3n) is 10.7. The van der Waals surface area contributed by atoms with Crippen LogP contribution in [0.5, 0.6) is 0 Å². The van der Waals surface area contributed by atoms with Crippen LogP contribution >= 0.6 is 0 Å². The van der Waals surface area contributed by atoms with Crippen molar-refractivity contribution in [1.29, 1.82) is 0 Å². The van der Waals surface area contributed by atoms with Crippen molar-refractivity contribution in [3.63, 3.8) is 0 Å². The molecule has 3 fully saturated rings. The Morgan fingerprint density at radius 1 is 1.25 bits per heavy atom. The van der Waals surface area contributed by atoms with Gasteiger partial charge in [0.15, 0.2) is 11.9 Å². The van der Waals surface area contributed by atoms with Crippen LogP contribution in [0.3, 0.4) is 0 Å². The Hall–Kier alpha value is -1.19. The number of epoxide rings is 1. The highest BCUT2D eigenvalue weighted by molar-refractivity contribution is 6.05. The number of carbonyl (C=O) groups excluding carboxylic acids is 1. The average molecular weight is 439 g/mol. The second-order valence-corrected chi connectivity index (χ2v) is 12.2. The Balaban J connectivity index is 1.45. The second-order valence-electron chi connectivity index (χ2n) is 12.2. The van der Waals surface area contributed by atoms with E-state index in [9.17, 15) is 9.90 Å². The smallest absolute Gasteiger partial charge is 0.190 e. The summed E-state index contributed by atoms with van der Waals surface area (Å²) in [6.07, 6.45) is 12.2. The Bertz CT molecular complexity index is 898. The minimum Gasteiger partial charge on any atom is -0.393 e. The normalized spacial score (nSPS) is 46.9. The van der Waals surface area contributed by atoms with Gasteiger partial charge in [0.25, 0.3) is 0 Å². The SMILES string of the molecule is C=C(C)[C@H](C=C[C@@H](C)[C@H]1CC[C@H]2C3=C(CC[C@]12C)[C@@]1(C)CC[C@H](O)C[C@@]12O[C@H]2C3=O)CC. The van der Waals surface area contributed by atoms with Crippen molar-refractivity contribution in [2.24, 2.45) is 34.5 Å². The van der Waals surface area contributed by atoms with Crippen LogP contribution in [0.4, 0.5) is 0 Å². The number of hydrogen-bond acceptors (Lipinski definition) is 3. The highest BCUT2D eigenvalue weighted by Gasteiger charge is 2.76. The molecule has 0 bridgehead atoms. The predicted octanol–water partition coefficient (Wildman–Crippen LogP) is 6.18. The minimum atomic E-state index is -0.417. The summed E-state index contributed by atoms with van der Waals surface area (Å²) in [6.45, 7) is 15.7. The van der Waals surface area contributed by atoms with E-state index in [0.717, 1.165) is 37.7 Å². The Morgan fingerprint density at radius 2 is 2.00 bits per heavy atom. The number of Topliss-reactive ketones (excluding diaryl/α,β-unsaturated/α-hetero) is 1. The van der Waals surface area contributed by atoms with E-state index in [2.05, 4.69) is 53.3 Å². The van der Waals surface area contributed by atoms with Gasteiger partial charge in [0, 0.05) is 17.4 Å². The van der Waals surface area contributed by atoms with E-state index in [4.69, 9.17) is 4.74 Å². The molecule has 0 amide bonds. The van der Waals surface area contributed by atoms with E-state index in [1.165, 1.54) is 24.0 Å². The molecular weight excluding hydrogens is 396 g/mol. The lowest BCUT2D eigenvalue weighted by molar-refractivity contribution is -0.119. The maximum atomic E-state index is 13.7. The summed E-state index contributed by atoms with van der Waals surface area (Å²) >= 11 is 0. The third kappa shape index (κ3) is 2.89. The summed E-state index contributed by atoms with van der Waals surface area (Å²) in [7, 11) is 0. The van der Waals surface area contributed by atoms with Gasteiger partial charge in [-0.1, -0.05) is 57.6 Å². The molecule has 1 N–H and O–H groups in total. The number of ketones is 1. The van der Waals surface area contributed by atoms with Crippen LogP contribution in [-0.2, 0) is 9.53 Å². The molecule has 3 heteroatoms. The molecule has 176 valence electrons. The van der Waals surface area contributed by atoms with Gasteiger partial charge < -0.3 is 9.84 Å². The molecule has 4 aliphatic carbocycles. The van der Waals surface area contributed by atoms with Gasteiger partial charge in [-0.2, -0.15) is 0 Å². The monoisotopic (exact) mass is 438 g/mol. The molecule has 0 aromatic rings. The molecule has 3 nitrogen and oxygen atoms in total. The highest BCUT2D eigenvalue weighted by Crippen LogP contribution is 2.71. The lowest BCUT2D eigenvalue weighted by Gasteiger charge is -2.52. The van der Waals surface area contributed by atoms with Crippen LogP contribution in [0.25, 0.3) is 0 Å². The van der Waals surface area contributed by atoms with Gasteiger partial charge in [-0.3, -0.25) is 4.79 Å². The number of carbonyl (C=O) groups is 1. The van der Waals surface area contributed by atoms with Gasteiger partial charge in [0.1, 0.15) is 5.60 Å². The van der Waals surface area contributed by atoms with Gasteiger partial charge in [0.05, 0.1) is 6.10 Å². The van der Waals surface area contributed by atoms with Gasteiger partial charge in [-0.05, 0) is 81.0 Å². The van der Waals surface area contributed by atoms with Crippen LogP contribution in [0.2, 0.25) is 0 Å². The second kappa shape index (κ2) is 7.40. The van der Waals surface area contributed by atoms with Crippen molar-refractivity contribution >= 4 is 5.78 Å². The van der Waals surface area contributed by atoms with Crippen LogP contribution in [0.1, 0.15) is 86.0 Å². The van der Waals surface area contributed by atoms with E-state index in [0.29, 0.717) is 30.1 Å². The zero-order valence-electron chi connectivity index (χ0n) is 20.7. The van der Waals surface area contributed by atoms with Gasteiger partial charge in [-0.25, -0.2) is 0 Å². The molecule has 0 unspecified atom stereocenters. The molecule has 2 saturated carbocycles. The molecule has 1 saturated heterocycles. The predicted molar refractivity (Wildman–Crippen MR) is 128 cm³/mol. The van der Waals surface area contributed by atoms with Crippen LogP contribution in [-0.4, -0.2) is 28.7 Å². The number of fused-ring (bicyclic) bond motifs is 3. The number of hydrogen-bond donors (Lipinski definition) is 1. The third-order valence-corrected chi connectivity index (χ3v) is 10.7. The fraction of sp³-hybridized carbons (Fsp3) is 0.759. The molecule has 5 aliphatic rings. The largest absolute Gasteiger partial charge is 0.393 e. The standard InChI is InChI=1S/C29H42O3/c1-7-19(17(2)3)9-8-18(4)21-10-11-22-24-23(13-14-27(21,22)5)28(6)15-12-20(30)16-29(28)26(32-29)25(24)31/h8-9,18-22,26,30H,2,7,10-16H2,1,3-6H3/t18-,19+,20+,21-,22+,26+,27-,28-,29+/m1/s1. The number of aliphatic hydroxyl groups excluding tert-OH is 1. The summed E-state index contributed by atoms with van der Waals surface area (Å²) < 4.78 is 6.23. The van der Waals surface area contributed by atoms with E-state index in [-0.39, 0.29) is 28.8 Å². The van der Waals surface area contributed by atoms with Crippen molar-refractivity contribution in [1.82, 2.24) is 0 Å². The maximum Gasteiger partial charge on any atom is 0.190 e. The molecule has 0 radical (unpaired) electrons. The van der Waals surface area contributed by atoms with Crippen molar-refractivity contribution < 1.29 is 14.6 Å². The number of rotatable bonds is 5. The molecule has 9 atom stereocenters. The van der Waals surface area contributed by atoms with Crippen LogP contribution in [0, 0.1) is 34.5 Å². The van der Waals surface area contributed by atoms with Crippen molar-refractivity contribution in [3.8, 4) is 0 Å². The molecule has 0 aromatic carbocycles. The van der Waals surface area contributed by atoms with E-state index in [1.807, 2.05) is 0 Å². The molecule has 0 aromatic heterocycles.